The number of fused-ring (bicyclic) bond motifs is 1. The molecular formula is C16H24N2O. The highest BCUT2D eigenvalue weighted by Crippen LogP contribution is 2.22. The second-order valence-corrected chi connectivity index (χ2v) is 5.48. The van der Waals surface area contributed by atoms with Gasteiger partial charge in [0.05, 0.1) is 0 Å². The molecule has 1 aromatic carbocycles. The second kappa shape index (κ2) is 6.71. The zero-order valence-corrected chi connectivity index (χ0v) is 11.7. The number of benzene rings is 1. The summed E-state index contributed by atoms with van der Waals surface area (Å²) in [5.41, 5.74) is 9.79. The first-order valence-electron chi connectivity index (χ1n) is 7.29. The average molecular weight is 260 g/mol. The van der Waals surface area contributed by atoms with E-state index in [4.69, 9.17) is 5.73 Å². The lowest BCUT2D eigenvalue weighted by Crippen LogP contribution is -2.31. The van der Waals surface area contributed by atoms with E-state index in [0.29, 0.717) is 13.1 Å². The lowest BCUT2D eigenvalue weighted by atomic mass is 10.0. The molecule has 0 radical (unpaired) electrons. The third kappa shape index (κ3) is 3.80. The summed E-state index contributed by atoms with van der Waals surface area (Å²) in [6.07, 6.45) is 5.39. The molecular weight excluding hydrogens is 236 g/mol. The van der Waals surface area contributed by atoms with Crippen LogP contribution < -0.4 is 11.1 Å². The van der Waals surface area contributed by atoms with Crippen LogP contribution in [0.1, 0.15) is 36.5 Å². The van der Waals surface area contributed by atoms with Crippen molar-refractivity contribution in [3.05, 3.63) is 34.9 Å². The SMILES string of the molecule is CC(CCN)C(=O)NCCc1ccc2c(c1)CCC2. The Hall–Kier alpha value is -1.35. The van der Waals surface area contributed by atoms with E-state index in [1.54, 1.807) is 0 Å². The minimum Gasteiger partial charge on any atom is -0.356 e. The van der Waals surface area contributed by atoms with Gasteiger partial charge in [-0.3, -0.25) is 4.79 Å². The van der Waals surface area contributed by atoms with Crippen molar-refractivity contribution in [2.45, 2.75) is 39.0 Å². The maximum atomic E-state index is 11.7. The topological polar surface area (TPSA) is 55.1 Å². The van der Waals surface area contributed by atoms with Gasteiger partial charge in [-0.2, -0.15) is 0 Å². The van der Waals surface area contributed by atoms with Crippen molar-refractivity contribution in [3.8, 4) is 0 Å². The molecule has 3 heteroatoms. The Bertz CT molecular complexity index is 442. The van der Waals surface area contributed by atoms with Crippen LogP contribution in [0, 0.1) is 5.92 Å². The molecule has 0 aliphatic heterocycles. The molecule has 0 fully saturated rings. The molecule has 1 amide bonds. The Kier molecular flexibility index (Phi) is 4.97. The normalized spacial score (nSPS) is 15.1. The van der Waals surface area contributed by atoms with E-state index >= 15 is 0 Å². The van der Waals surface area contributed by atoms with Crippen molar-refractivity contribution in [3.63, 3.8) is 0 Å². The van der Waals surface area contributed by atoms with Gasteiger partial charge in [0.25, 0.3) is 0 Å². The quantitative estimate of drug-likeness (QED) is 0.819. The van der Waals surface area contributed by atoms with Gasteiger partial charge in [-0.25, -0.2) is 0 Å². The molecule has 0 saturated carbocycles. The fourth-order valence-electron chi connectivity index (χ4n) is 2.67. The number of aryl methyl sites for hydroxylation is 2. The highest BCUT2D eigenvalue weighted by atomic mass is 16.1. The molecule has 0 heterocycles. The van der Waals surface area contributed by atoms with Gasteiger partial charge in [0.2, 0.25) is 5.91 Å². The fraction of sp³-hybridized carbons (Fsp3) is 0.562. The van der Waals surface area contributed by atoms with Crippen LogP contribution >= 0.6 is 0 Å². The third-order valence-electron chi connectivity index (χ3n) is 3.92. The van der Waals surface area contributed by atoms with Crippen molar-refractivity contribution >= 4 is 5.91 Å². The average Bonchev–Trinajstić information content (AvgIpc) is 2.86. The van der Waals surface area contributed by atoms with Crippen LogP contribution in [-0.4, -0.2) is 19.0 Å². The Morgan fingerprint density at radius 2 is 2.16 bits per heavy atom. The number of carbonyl (C=O) groups excluding carboxylic acids is 1. The number of hydrogen-bond donors (Lipinski definition) is 2. The molecule has 1 unspecified atom stereocenters. The molecule has 0 aromatic heterocycles. The predicted octanol–water partition coefficient (Wildman–Crippen LogP) is 1.82. The maximum absolute atomic E-state index is 11.7. The Labute approximate surface area is 115 Å². The second-order valence-electron chi connectivity index (χ2n) is 5.48. The summed E-state index contributed by atoms with van der Waals surface area (Å²) in [4.78, 5) is 11.7. The minimum atomic E-state index is 0.0185. The predicted molar refractivity (Wildman–Crippen MR) is 78.0 cm³/mol. The van der Waals surface area contributed by atoms with Crippen LogP contribution in [0.4, 0.5) is 0 Å². The fourth-order valence-corrected chi connectivity index (χ4v) is 2.67. The smallest absolute Gasteiger partial charge is 0.222 e. The van der Waals surface area contributed by atoms with Gasteiger partial charge in [-0.15, -0.1) is 0 Å². The molecule has 104 valence electrons. The Morgan fingerprint density at radius 1 is 1.37 bits per heavy atom. The number of amides is 1. The van der Waals surface area contributed by atoms with Crippen molar-refractivity contribution in [2.75, 3.05) is 13.1 Å². The molecule has 3 nitrogen and oxygen atoms in total. The van der Waals surface area contributed by atoms with Crippen LogP contribution in [0.3, 0.4) is 0 Å². The van der Waals surface area contributed by atoms with Gasteiger partial charge in [-0.05, 0) is 55.3 Å². The van der Waals surface area contributed by atoms with Gasteiger partial charge in [-0.1, -0.05) is 25.1 Å². The first kappa shape index (κ1) is 14.1. The standard InChI is InChI=1S/C16H24N2O/c1-12(7-9-17)16(19)18-10-8-13-5-6-14-3-2-4-15(14)11-13/h5-6,11-12H,2-4,7-10,17H2,1H3,(H,18,19). The van der Waals surface area contributed by atoms with Gasteiger partial charge in [0.1, 0.15) is 0 Å². The lowest BCUT2D eigenvalue weighted by molar-refractivity contribution is -0.124. The van der Waals surface area contributed by atoms with E-state index in [1.807, 2.05) is 6.92 Å². The monoisotopic (exact) mass is 260 g/mol. The van der Waals surface area contributed by atoms with E-state index in [0.717, 1.165) is 12.8 Å². The van der Waals surface area contributed by atoms with E-state index in [9.17, 15) is 4.79 Å². The maximum Gasteiger partial charge on any atom is 0.222 e. The molecule has 2 rings (SSSR count). The molecule has 1 atom stereocenters. The first-order chi connectivity index (χ1) is 9.20. The molecule has 0 bridgehead atoms. The van der Waals surface area contributed by atoms with E-state index in [-0.39, 0.29) is 11.8 Å². The molecule has 3 N–H and O–H groups in total. The molecule has 0 saturated heterocycles. The van der Waals surface area contributed by atoms with Crippen LogP contribution in [-0.2, 0) is 24.1 Å². The molecule has 1 aliphatic carbocycles. The zero-order chi connectivity index (χ0) is 13.7. The van der Waals surface area contributed by atoms with Crippen LogP contribution in [0.2, 0.25) is 0 Å². The van der Waals surface area contributed by atoms with E-state index < -0.39 is 0 Å². The van der Waals surface area contributed by atoms with Crippen molar-refractivity contribution in [1.29, 1.82) is 0 Å². The highest BCUT2D eigenvalue weighted by Gasteiger charge is 2.12. The summed E-state index contributed by atoms with van der Waals surface area (Å²) in [6, 6.07) is 6.74. The number of nitrogens with two attached hydrogens (primary N) is 1. The lowest BCUT2D eigenvalue weighted by Gasteiger charge is -2.11. The minimum absolute atomic E-state index is 0.0185. The van der Waals surface area contributed by atoms with E-state index in [1.165, 1.54) is 36.0 Å². The summed E-state index contributed by atoms with van der Waals surface area (Å²) in [6.45, 7) is 3.21. The first-order valence-corrected chi connectivity index (χ1v) is 7.29. The summed E-state index contributed by atoms with van der Waals surface area (Å²) in [7, 11) is 0. The van der Waals surface area contributed by atoms with Crippen LogP contribution in [0.15, 0.2) is 18.2 Å². The molecule has 0 spiro atoms. The summed E-state index contributed by atoms with van der Waals surface area (Å²) >= 11 is 0. The Balaban J connectivity index is 1.78. The molecule has 1 aromatic rings. The van der Waals surface area contributed by atoms with Crippen molar-refractivity contribution < 1.29 is 4.79 Å². The Morgan fingerprint density at radius 3 is 2.95 bits per heavy atom. The van der Waals surface area contributed by atoms with Crippen molar-refractivity contribution in [2.24, 2.45) is 11.7 Å². The number of carbonyl (C=O) groups is 1. The highest BCUT2D eigenvalue weighted by molar-refractivity contribution is 5.78. The van der Waals surface area contributed by atoms with Gasteiger partial charge in [0.15, 0.2) is 0 Å². The van der Waals surface area contributed by atoms with Gasteiger partial charge in [0, 0.05) is 12.5 Å². The summed E-state index contributed by atoms with van der Waals surface area (Å²) in [5.74, 6) is 0.136. The van der Waals surface area contributed by atoms with Crippen LogP contribution in [0.5, 0.6) is 0 Å². The van der Waals surface area contributed by atoms with Crippen LogP contribution in [0.25, 0.3) is 0 Å². The molecule has 1 aliphatic rings. The van der Waals surface area contributed by atoms with Crippen molar-refractivity contribution in [1.82, 2.24) is 5.32 Å². The number of rotatable bonds is 6. The zero-order valence-electron chi connectivity index (χ0n) is 11.7. The largest absolute Gasteiger partial charge is 0.356 e. The number of hydrogen-bond acceptors (Lipinski definition) is 2. The molecule has 19 heavy (non-hydrogen) atoms. The number of nitrogens with one attached hydrogen (secondary N) is 1. The summed E-state index contributed by atoms with van der Waals surface area (Å²) in [5, 5.41) is 2.99. The van der Waals surface area contributed by atoms with E-state index in [2.05, 4.69) is 23.5 Å². The van der Waals surface area contributed by atoms with Gasteiger partial charge < -0.3 is 11.1 Å². The summed E-state index contributed by atoms with van der Waals surface area (Å²) < 4.78 is 0. The van der Waals surface area contributed by atoms with Gasteiger partial charge >= 0.3 is 0 Å². The third-order valence-corrected chi connectivity index (χ3v) is 3.92.